The molecule has 0 aromatic carbocycles. The van der Waals surface area contributed by atoms with Crippen molar-refractivity contribution in [3.05, 3.63) is 0 Å². The molecule has 0 nitrogen and oxygen atoms in total. The van der Waals surface area contributed by atoms with Crippen molar-refractivity contribution in [3.8, 4) is 0 Å². The van der Waals surface area contributed by atoms with Crippen molar-refractivity contribution in [1.29, 1.82) is 0 Å². The topological polar surface area (TPSA) is 0 Å². The lowest BCUT2D eigenvalue weighted by Crippen LogP contribution is -2.45. The number of thioether (sulfide) groups is 3. The van der Waals surface area contributed by atoms with E-state index in [1.807, 2.05) is 0 Å². The Labute approximate surface area is 131 Å². The Balaban J connectivity index is 2.10. The van der Waals surface area contributed by atoms with Crippen LogP contribution in [0.1, 0.15) is 40.0 Å². The number of hydrogen-bond acceptors (Lipinski definition) is 4. The van der Waals surface area contributed by atoms with E-state index >= 15 is 0 Å². The number of hydrogen-bond donors (Lipinski definition) is 1. The summed E-state index contributed by atoms with van der Waals surface area (Å²) < 4.78 is 1.03. The van der Waals surface area contributed by atoms with Gasteiger partial charge in [0.15, 0.2) is 0 Å². The molecule has 0 amide bonds. The second kappa shape index (κ2) is 6.44. The molecule has 0 aromatic heterocycles. The van der Waals surface area contributed by atoms with Crippen LogP contribution in [0.5, 0.6) is 0 Å². The van der Waals surface area contributed by atoms with Crippen LogP contribution in [0.15, 0.2) is 0 Å². The van der Waals surface area contributed by atoms with Crippen molar-refractivity contribution in [2.45, 2.75) is 48.9 Å². The van der Waals surface area contributed by atoms with Gasteiger partial charge >= 0.3 is 0 Å². The first kappa shape index (κ1) is 15.8. The fourth-order valence-electron chi connectivity index (χ4n) is 3.46. The van der Waals surface area contributed by atoms with Gasteiger partial charge in [-0.3, -0.25) is 0 Å². The quantitative estimate of drug-likeness (QED) is 0.721. The van der Waals surface area contributed by atoms with Crippen LogP contribution >= 0.6 is 47.9 Å². The highest BCUT2D eigenvalue weighted by Crippen LogP contribution is 2.62. The Kier molecular flexibility index (Phi) is 5.65. The van der Waals surface area contributed by atoms with E-state index in [2.05, 4.69) is 68.7 Å². The second-order valence-electron chi connectivity index (χ2n) is 6.10. The Bertz CT molecular complexity index is 273. The maximum absolute atomic E-state index is 4.38. The van der Waals surface area contributed by atoms with E-state index in [9.17, 15) is 0 Å². The van der Waals surface area contributed by atoms with E-state index in [0.717, 1.165) is 17.6 Å². The first-order valence-electron chi connectivity index (χ1n) is 7.04. The largest absolute Gasteiger partial charge is 0.179 e. The van der Waals surface area contributed by atoms with Crippen molar-refractivity contribution in [1.82, 2.24) is 0 Å². The third-order valence-corrected chi connectivity index (χ3v) is 9.93. The zero-order valence-electron chi connectivity index (χ0n) is 11.8. The van der Waals surface area contributed by atoms with Gasteiger partial charge < -0.3 is 0 Å². The smallest absolute Gasteiger partial charge is 0.0655 e. The van der Waals surface area contributed by atoms with E-state index in [0.29, 0.717) is 8.83 Å². The SMILES string of the molecule is CC(C)[C@H]1CC[C@@](C)(SCCS)CC12SCCS2. The molecule has 1 saturated carbocycles. The third-order valence-electron chi connectivity index (χ3n) is 4.29. The van der Waals surface area contributed by atoms with Crippen molar-refractivity contribution in [3.63, 3.8) is 0 Å². The average molecular weight is 323 g/mol. The summed E-state index contributed by atoms with van der Waals surface area (Å²) in [5.41, 5.74) is 0. The molecule has 0 bridgehead atoms. The Morgan fingerprint density at radius 3 is 2.56 bits per heavy atom. The van der Waals surface area contributed by atoms with Crippen molar-refractivity contribution in [2.75, 3.05) is 23.0 Å². The molecule has 2 atom stereocenters. The molecule has 2 rings (SSSR count). The van der Waals surface area contributed by atoms with Crippen LogP contribution in [0, 0.1) is 11.8 Å². The lowest BCUT2D eigenvalue weighted by molar-refractivity contribution is 0.244. The molecule has 1 aliphatic carbocycles. The molecule has 4 heteroatoms. The van der Waals surface area contributed by atoms with E-state index in [1.165, 1.54) is 36.5 Å². The number of thiol groups is 1. The first-order chi connectivity index (χ1) is 8.51. The van der Waals surface area contributed by atoms with Crippen LogP contribution in [-0.4, -0.2) is 31.8 Å². The highest BCUT2D eigenvalue weighted by Gasteiger charge is 2.51. The molecule has 1 heterocycles. The predicted octanol–water partition coefficient (Wildman–Crippen LogP) is 5.04. The van der Waals surface area contributed by atoms with Gasteiger partial charge in [0.25, 0.3) is 0 Å². The summed E-state index contributed by atoms with van der Waals surface area (Å²) >= 11 is 11.1. The van der Waals surface area contributed by atoms with Gasteiger partial charge in [0, 0.05) is 22.0 Å². The van der Waals surface area contributed by atoms with Gasteiger partial charge in [-0.05, 0) is 36.9 Å². The molecule has 18 heavy (non-hydrogen) atoms. The molecular formula is C14H26S4. The van der Waals surface area contributed by atoms with Gasteiger partial charge in [0.1, 0.15) is 0 Å². The Morgan fingerprint density at radius 1 is 1.33 bits per heavy atom. The molecule has 0 aromatic rings. The summed E-state index contributed by atoms with van der Waals surface area (Å²) in [5.74, 6) is 6.70. The van der Waals surface area contributed by atoms with Crippen LogP contribution in [-0.2, 0) is 0 Å². The summed E-state index contributed by atoms with van der Waals surface area (Å²) in [7, 11) is 0. The van der Waals surface area contributed by atoms with E-state index < -0.39 is 0 Å². The first-order valence-corrected chi connectivity index (χ1v) is 10.6. The molecule has 2 fully saturated rings. The molecule has 1 aliphatic heterocycles. The fourth-order valence-corrected chi connectivity index (χ4v) is 9.34. The van der Waals surface area contributed by atoms with E-state index in [-0.39, 0.29) is 0 Å². The molecule has 0 N–H and O–H groups in total. The van der Waals surface area contributed by atoms with Gasteiger partial charge in [-0.2, -0.15) is 24.4 Å². The molecule has 1 saturated heterocycles. The minimum atomic E-state index is 0.498. The summed E-state index contributed by atoms with van der Waals surface area (Å²) in [6.45, 7) is 7.35. The minimum absolute atomic E-state index is 0.498. The van der Waals surface area contributed by atoms with Gasteiger partial charge in [0.2, 0.25) is 0 Å². The fraction of sp³-hybridized carbons (Fsp3) is 1.00. The van der Waals surface area contributed by atoms with Crippen LogP contribution < -0.4 is 0 Å². The van der Waals surface area contributed by atoms with Crippen LogP contribution in [0.4, 0.5) is 0 Å². The minimum Gasteiger partial charge on any atom is -0.179 e. The maximum atomic E-state index is 4.38. The Morgan fingerprint density at radius 2 is 2.00 bits per heavy atom. The second-order valence-corrected chi connectivity index (χ2v) is 11.3. The van der Waals surface area contributed by atoms with Crippen LogP contribution in [0.3, 0.4) is 0 Å². The molecule has 0 radical (unpaired) electrons. The van der Waals surface area contributed by atoms with Crippen molar-refractivity contribution in [2.24, 2.45) is 11.8 Å². The maximum Gasteiger partial charge on any atom is 0.0655 e. The van der Waals surface area contributed by atoms with Crippen molar-refractivity contribution < 1.29 is 0 Å². The average Bonchev–Trinajstić information content (AvgIpc) is 2.74. The standard InChI is InChI=1S/C14H26S4/c1-11(2)12-4-5-13(3,16-7-6-15)10-14(12)17-8-9-18-14/h11-12,15H,4-10H2,1-3H3/t12-,13-/m1/s1. The molecular weight excluding hydrogens is 296 g/mol. The summed E-state index contributed by atoms with van der Waals surface area (Å²) in [6, 6.07) is 0. The molecule has 0 unspecified atom stereocenters. The Hall–Kier alpha value is 1.40. The monoisotopic (exact) mass is 322 g/mol. The summed E-state index contributed by atoms with van der Waals surface area (Å²) in [5, 5.41) is 0. The predicted molar refractivity (Wildman–Crippen MR) is 94.5 cm³/mol. The highest BCUT2D eigenvalue weighted by atomic mass is 32.2. The van der Waals surface area contributed by atoms with Gasteiger partial charge in [0.05, 0.1) is 4.08 Å². The summed E-state index contributed by atoms with van der Waals surface area (Å²) in [6.07, 6.45) is 4.22. The van der Waals surface area contributed by atoms with E-state index in [1.54, 1.807) is 0 Å². The highest BCUT2D eigenvalue weighted by molar-refractivity contribution is 8.21. The lowest BCUT2D eigenvalue weighted by atomic mass is 9.76. The zero-order chi connectivity index (χ0) is 13.2. The normalized spacial score (nSPS) is 35.5. The third kappa shape index (κ3) is 3.35. The van der Waals surface area contributed by atoms with Crippen molar-refractivity contribution >= 4 is 47.9 Å². The van der Waals surface area contributed by atoms with Crippen LogP contribution in [0.2, 0.25) is 0 Å². The van der Waals surface area contributed by atoms with Gasteiger partial charge in [-0.25, -0.2) is 0 Å². The zero-order valence-corrected chi connectivity index (χ0v) is 15.1. The van der Waals surface area contributed by atoms with Gasteiger partial charge in [-0.1, -0.05) is 20.8 Å². The molecule has 2 aliphatic rings. The molecule has 106 valence electrons. The molecule has 1 spiro atoms. The van der Waals surface area contributed by atoms with E-state index in [4.69, 9.17) is 0 Å². The number of rotatable bonds is 4. The van der Waals surface area contributed by atoms with Gasteiger partial charge in [-0.15, -0.1) is 23.5 Å². The lowest BCUT2D eigenvalue weighted by Gasteiger charge is -2.49. The van der Waals surface area contributed by atoms with Crippen LogP contribution in [0.25, 0.3) is 0 Å². The summed E-state index contributed by atoms with van der Waals surface area (Å²) in [4.78, 5) is 0.